The van der Waals surface area contributed by atoms with E-state index in [1.807, 2.05) is 0 Å². The van der Waals surface area contributed by atoms with Crippen LogP contribution < -0.4 is 15.4 Å². The Morgan fingerprint density at radius 3 is 2.23 bits per heavy atom. The summed E-state index contributed by atoms with van der Waals surface area (Å²) in [7, 11) is -4.11. The van der Waals surface area contributed by atoms with Crippen LogP contribution in [0.4, 0.5) is 5.69 Å². The second kappa shape index (κ2) is 13.3. The molecule has 4 rings (SSSR count). The van der Waals surface area contributed by atoms with E-state index in [0.29, 0.717) is 31.2 Å². The van der Waals surface area contributed by atoms with Gasteiger partial charge in [0.15, 0.2) is 5.78 Å². The number of ketones is 1. The van der Waals surface area contributed by atoms with Gasteiger partial charge in [0.05, 0.1) is 22.2 Å². The number of nitrogens with zero attached hydrogens (tertiary/aromatic N) is 1. The summed E-state index contributed by atoms with van der Waals surface area (Å²) < 4.78 is 28.6. The van der Waals surface area contributed by atoms with Crippen LogP contribution >= 0.6 is 35.6 Å². The van der Waals surface area contributed by atoms with Gasteiger partial charge in [0.2, 0.25) is 5.91 Å². The number of carbonyl (C=O) groups excluding carboxylic acids is 3. The Bertz CT molecular complexity index is 1480. The Morgan fingerprint density at radius 2 is 1.56 bits per heavy atom. The summed E-state index contributed by atoms with van der Waals surface area (Å²) in [6.07, 6.45) is 0. The number of amides is 2. The smallest absolute Gasteiger partial charge is 0.261 e. The number of anilines is 1. The molecule has 206 valence electrons. The number of para-hydroxylation sites is 1. The molecule has 0 saturated carbocycles. The zero-order valence-electron chi connectivity index (χ0n) is 20.4. The molecular formula is C26H25Cl3N4O5S. The molecule has 0 unspecified atom stereocenters. The fraction of sp³-hybridized carbons (Fsp3) is 0.192. The predicted octanol–water partition coefficient (Wildman–Crippen LogP) is 3.61. The van der Waals surface area contributed by atoms with Gasteiger partial charge in [0.25, 0.3) is 15.9 Å². The summed E-state index contributed by atoms with van der Waals surface area (Å²) in [6.45, 7) is 2.42. The Balaban J connectivity index is 0.00000420. The van der Waals surface area contributed by atoms with Gasteiger partial charge in [-0.15, -0.1) is 12.4 Å². The number of carbonyl (C=O) groups is 3. The molecule has 0 bridgehead atoms. The minimum atomic E-state index is -4.11. The molecule has 0 atom stereocenters. The predicted molar refractivity (Wildman–Crippen MR) is 153 cm³/mol. The zero-order valence-corrected chi connectivity index (χ0v) is 23.6. The summed E-state index contributed by atoms with van der Waals surface area (Å²) in [5.74, 6) is -1.16. The summed E-state index contributed by atoms with van der Waals surface area (Å²) in [5, 5.41) is 6.22. The van der Waals surface area contributed by atoms with Crippen LogP contribution in [0.15, 0.2) is 71.6 Å². The summed E-state index contributed by atoms with van der Waals surface area (Å²) in [5.41, 5.74) is 0.542. The number of sulfonamides is 1. The lowest BCUT2D eigenvalue weighted by molar-refractivity contribution is -0.130. The van der Waals surface area contributed by atoms with Gasteiger partial charge in [0, 0.05) is 47.9 Å². The van der Waals surface area contributed by atoms with E-state index >= 15 is 0 Å². The molecule has 9 nitrogen and oxygen atoms in total. The maximum atomic E-state index is 13.1. The lowest BCUT2D eigenvalue weighted by atomic mass is 10.0. The van der Waals surface area contributed by atoms with Gasteiger partial charge < -0.3 is 15.5 Å². The molecule has 1 saturated heterocycles. The normalized spacial score (nSPS) is 13.2. The Hall–Kier alpha value is -3.15. The maximum Gasteiger partial charge on any atom is 0.261 e. The maximum absolute atomic E-state index is 13.1. The second-order valence-corrected chi connectivity index (χ2v) is 11.0. The monoisotopic (exact) mass is 610 g/mol. The van der Waals surface area contributed by atoms with Crippen molar-refractivity contribution in [3.8, 4) is 0 Å². The number of piperazine rings is 1. The van der Waals surface area contributed by atoms with Gasteiger partial charge >= 0.3 is 0 Å². The third-order valence-electron chi connectivity index (χ3n) is 5.89. The third kappa shape index (κ3) is 7.49. The van der Waals surface area contributed by atoms with Crippen LogP contribution in [0.2, 0.25) is 10.0 Å². The molecular weight excluding hydrogens is 587 g/mol. The number of hydrogen-bond donors (Lipinski definition) is 3. The first-order chi connectivity index (χ1) is 18.2. The van der Waals surface area contributed by atoms with E-state index in [0.717, 1.165) is 0 Å². The fourth-order valence-corrected chi connectivity index (χ4v) is 5.44. The highest BCUT2D eigenvalue weighted by Crippen LogP contribution is 2.27. The highest BCUT2D eigenvalue weighted by molar-refractivity contribution is 7.92. The lowest BCUT2D eigenvalue weighted by Gasteiger charge is -2.27. The first kappa shape index (κ1) is 30.4. The molecule has 1 fully saturated rings. The number of benzene rings is 3. The number of rotatable bonds is 8. The van der Waals surface area contributed by atoms with E-state index in [1.165, 1.54) is 54.6 Å². The van der Waals surface area contributed by atoms with Crippen molar-refractivity contribution in [3.05, 3.63) is 93.5 Å². The average molecular weight is 612 g/mol. The largest absolute Gasteiger partial charge is 0.343 e. The molecule has 1 aliphatic heterocycles. The van der Waals surface area contributed by atoms with E-state index in [9.17, 15) is 22.8 Å². The molecule has 13 heteroatoms. The fourth-order valence-electron chi connectivity index (χ4n) is 3.86. The van der Waals surface area contributed by atoms with Gasteiger partial charge in [-0.25, -0.2) is 8.42 Å². The van der Waals surface area contributed by atoms with E-state index in [-0.39, 0.29) is 57.2 Å². The van der Waals surface area contributed by atoms with Gasteiger partial charge in [-0.2, -0.15) is 0 Å². The van der Waals surface area contributed by atoms with Gasteiger partial charge in [0.1, 0.15) is 0 Å². The highest BCUT2D eigenvalue weighted by atomic mass is 35.5. The van der Waals surface area contributed by atoms with Crippen LogP contribution in [-0.4, -0.2) is 63.6 Å². The first-order valence-electron chi connectivity index (χ1n) is 11.6. The number of nitrogens with one attached hydrogen (secondary N) is 3. The topological polar surface area (TPSA) is 125 Å². The number of halogens is 3. The minimum Gasteiger partial charge on any atom is -0.343 e. The average Bonchev–Trinajstić information content (AvgIpc) is 2.92. The molecule has 2 amide bonds. The zero-order chi connectivity index (χ0) is 27.3. The van der Waals surface area contributed by atoms with E-state index in [1.54, 1.807) is 17.0 Å². The minimum absolute atomic E-state index is 0. The van der Waals surface area contributed by atoms with Crippen LogP contribution in [0.25, 0.3) is 0 Å². The quantitative estimate of drug-likeness (QED) is 0.335. The van der Waals surface area contributed by atoms with Crippen molar-refractivity contribution in [1.82, 2.24) is 15.5 Å². The molecule has 0 aliphatic carbocycles. The van der Waals surface area contributed by atoms with Crippen molar-refractivity contribution in [2.75, 3.05) is 37.4 Å². The third-order valence-corrected chi connectivity index (χ3v) is 7.82. The van der Waals surface area contributed by atoms with Crippen molar-refractivity contribution >= 4 is 68.9 Å². The summed E-state index contributed by atoms with van der Waals surface area (Å²) in [4.78, 5) is 39.4. The van der Waals surface area contributed by atoms with Crippen LogP contribution in [0.5, 0.6) is 0 Å². The molecule has 39 heavy (non-hydrogen) atoms. The van der Waals surface area contributed by atoms with E-state index in [2.05, 4.69) is 15.4 Å². The van der Waals surface area contributed by atoms with Crippen molar-refractivity contribution in [1.29, 1.82) is 0 Å². The molecule has 1 heterocycles. The Kier molecular flexibility index (Phi) is 10.3. The Morgan fingerprint density at radius 1 is 0.897 bits per heavy atom. The standard InChI is InChI=1S/C26H24Cl2N4O5S.ClH/c27-18-7-10-20(22(28)15-18)25(34)21-3-1-2-4-23(21)31-38(36,37)19-8-5-17(6-9-19)26(35)30-16-24(33)32-13-11-29-12-14-32;/h1-10,15,29,31H,11-14,16H2,(H,30,35);1H. The van der Waals surface area contributed by atoms with Crippen LogP contribution in [-0.2, 0) is 14.8 Å². The SMILES string of the molecule is Cl.O=C(NCC(=O)N1CCNCC1)c1ccc(S(=O)(=O)Nc2ccccc2C(=O)c2ccc(Cl)cc2Cl)cc1. The van der Waals surface area contributed by atoms with Gasteiger partial charge in [-0.05, 0) is 54.6 Å². The Labute approximate surface area is 242 Å². The molecule has 3 aromatic carbocycles. The second-order valence-electron chi connectivity index (χ2n) is 8.44. The molecule has 0 spiro atoms. The first-order valence-corrected chi connectivity index (χ1v) is 13.9. The van der Waals surface area contributed by atoms with Crippen LogP contribution in [0, 0.1) is 0 Å². The van der Waals surface area contributed by atoms with E-state index < -0.39 is 21.7 Å². The lowest BCUT2D eigenvalue weighted by Crippen LogP contribution is -2.49. The number of hydrogen-bond acceptors (Lipinski definition) is 6. The van der Waals surface area contributed by atoms with Crippen molar-refractivity contribution in [2.45, 2.75) is 4.90 Å². The summed E-state index contributed by atoms with van der Waals surface area (Å²) >= 11 is 12.1. The van der Waals surface area contributed by atoms with Crippen LogP contribution in [0.3, 0.4) is 0 Å². The van der Waals surface area contributed by atoms with Crippen molar-refractivity contribution in [3.63, 3.8) is 0 Å². The molecule has 0 aromatic heterocycles. The van der Waals surface area contributed by atoms with E-state index in [4.69, 9.17) is 23.2 Å². The van der Waals surface area contributed by atoms with Crippen molar-refractivity contribution in [2.24, 2.45) is 0 Å². The van der Waals surface area contributed by atoms with Gasteiger partial charge in [-0.3, -0.25) is 19.1 Å². The molecule has 3 N–H and O–H groups in total. The van der Waals surface area contributed by atoms with Crippen LogP contribution in [0.1, 0.15) is 26.3 Å². The molecule has 3 aromatic rings. The van der Waals surface area contributed by atoms with Gasteiger partial charge in [-0.1, -0.05) is 35.3 Å². The highest BCUT2D eigenvalue weighted by Gasteiger charge is 2.22. The van der Waals surface area contributed by atoms with Crippen molar-refractivity contribution < 1.29 is 22.8 Å². The molecule has 0 radical (unpaired) electrons. The summed E-state index contributed by atoms with van der Waals surface area (Å²) in [6, 6.07) is 15.8. The molecule has 1 aliphatic rings.